The van der Waals surface area contributed by atoms with Gasteiger partial charge in [-0.3, -0.25) is 0 Å². The second-order valence-corrected chi connectivity index (χ2v) is 2.65. The standard InChI is InChI=1S/C7H9N5O/c1-12-7(9-10-11-12)6(8)5-3-2-4-13-5/h2-4,6H,8H2,1H3. The van der Waals surface area contributed by atoms with Crippen LogP contribution in [0.25, 0.3) is 0 Å². The van der Waals surface area contributed by atoms with E-state index in [1.165, 1.54) is 4.68 Å². The molecule has 0 bridgehead atoms. The Balaban J connectivity index is 2.33. The number of hydrogen-bond donors (Lipinski definition) is 1. The van der Waals surface area contributed by atoms with Crippen LogP contribution in [0, 0.1) is 0 Å². The van der Waals surface area contributed by atoms with Crippen molar-refractivity contribution in [3.63, 3.8) is 0 Å². The fraction of sp³-hybridized carbons (Fsp3) is 0.286. The Morgan fingerprint density at radius 3 is 3.00 bits per heavy atom. The van der Waals surface area contributed by atoms with Crippen molar-refractivity contribution >= 4 is 0 Å². The summed E-state index contributed by atoms with van der Waals surface area (Å²) in [5.74, 6) is 1.23. The third-order valence-corrected chi connectivity index (χ3v) is 1.78. The van der Waals surface area contributed by atoms with Gasteiger partial charge >= 0.3 is 0 Å². The SMILES string of the molecule is Cn1nnnc1C(N)c1ccco1. The van der Waals surface area contributed by atoms with Crippen LogP contribution in [0.1, 0.15) is 17.6 Å². The molecule has 0 aliphatic heterocycles. The summed E-state index contributed by atoms with van der Waals surface area (Å²) in [7, 11) is 1.73. The number of rotatable bonds is 2. The Labute approximate surface area is 74.3 Å². The number of hydrogen-bond acceptors (Lipinski definition) is 5. The third kappa shape index (κ3) is 1.31. The molecule has 0 amide bonds. The largest absolute Gasteiger partial charge is 0.467 e. The number of nitrogens with two attached hydrogens (primary N) is 1. The first-order chi connectivity index (χ1) is 6.29. The second-order valence-electron chi connectivity index (χ2n) is 2.65. The van der Waals surface area contributed by atoms with Gasteiger partial charge in [0.25, 0.3) is 0 Å². The maximum Gasteiger partial charge on any atom is 0.175 e. The van der Waals surface area contributed by atoms with E-state index >= 15 is 0 Å². The van der Waals surface area contributed by atoms with Gasteiger partial charge in [0.2, 0.25) is 0 Å². The van der Waals surface area contributed by atoms with Gasteiger partial charge < -0.3 is 10.2 Å². The van der Waals surface area contributed by atoms with Gasteiger partial charge in [-0.05, 0) is 22.6 Å². The molecule has 6 heteroatoms. The van der Waals surface area contributed by atoms with Gasteiger partial charge in [0.1, 0.15) is 11.8 Å². The van der Waals surface area contributed by atoms with Crippen LogP contribution < -0.4 is 5.73 Å². The van der Waals surface area contributed by atoms with Crippen molar-refractivity contribution in [2.75, 3.05) is 0 Å². The van der Waals surface area contributed by atoms with E-state index in [1.54, 1.807) is 25.4 Å². The van der Waals surface area contributed by atoms with Crippen molar-refractivity contribution in [2.24, 2.45) is 12.8 Å². The molecule has 0 aromatic carbocycles. The number of aryl methyl sites for hydroxylation is 1. The molecule has 2 heterocycles. The fourth-order valence-corrected chi connectivity index (χ4v) is 1.10. The second kappa shape index (κ2) is 2.98. The maximum atomic E-state index is 5.85. The molecule has 0 saturated carbocycles. The van der Waals surface area contributed by atoms with Crippen molar-refractivity contribution in [3.8, 4) is 0 Å². The zero-order chi connectivity index (χ0) is 9.26. The normalized spacial score (nSPS) is 13.1. The highest BCUT2D eigenvalue weighted by molar-refractivity contribution is 5.12. The fourth-order valence-electron chi connectivity index (χ4n) is 1.10. The van der Waals surface area contributed by atoms with Crippen molar-refractivity contribution in [1.82, 2.24) is 20.2 Å². The highest BCUT2D eigenvalue weighted by atomic mass is 16.3. The van der Waals surface area contributed by atoms with E-state index in [0.29, 0.717) is 11.6 Å². The van der Waals surface area contributed by atoms with Crippen molar-refractivity contribution < 1.29 is 4.42 Å². The Morgan fingerprint density at radius 2 is 2.46 bits per heavy atom. The van der Waals surface area contributed by atoms with Gasteiger partial charge in [-0.15, -0.1) is 5.10 Å². The summed E-state index contributed by atoms with van der Waals surface area (Å²) in [6.07, 6.45) is 1.57. The van der Waals surface area contributed by atoms with E-state index in [-0.39, 0.29) is 0 Å². The molecule has 6 nitrogen and oxygen atoms in total. The highest BCUT2D eigenvalue weighted by Crippen LogP contribution is 2.15. The molecular weight excluding hydrogens is 170 g/mol. The zero-order valence-electron chi connectivity index (χ0n) is 7.08. The van der Waals surface area contributed by atoms with Crippen LogP contribution in [0.2, 0.25) is 0 Å². The van der Waals surface area contributed by atoms with Crippen molar-refractivity contribution in [2.45, 2.75) is 6.04 Å². The van der Waals surface area contributed by atoms with E-state index in [1.807, 2.05) is 0 Å². The topological polar surface area (TPSA) is 82.8 Å². The predicted molar refractivity (Wildman–Crippen MR) is 43.5 cm³/mol. The first kappa shape index (κ1) is 7.93. The van der Waals surface area contributed by atoms with Crippen molar-refractivity contribution in [3.05, 3.63) is 30.0 Å². The first-order valence-corrected chi connectivity index (χ1v) is 3.80. The van der Waals surface area contributed by atoms with E-state index in [2.05, 4.69) is 15.5 Å². The van der Waals surface area contributed by atoms with E-state index in [9.17, 15) is 0 Å². The Hall–Kier alpha value is -1.69. The van der Waals surface area contributed by atoms with Gasteiger partial charge in [-0.2, -0.15) is 0 Å². The van der Waals surface area contributed by atoms with Crippen LogP contribution in [-0.4, -0.2) is 20.2 Å². The molecule has 13 heavy (non-hydrogen) atoms. The van der Waals surface area contributed by atoms with Crippen LogP contribution in [-0.2, 0) is 7.05 Å². The molecule has 2 N–H and O–H groups in total. The van der Waals surface area contributed by atoms with E-state index in [0.717, 1.165) is 0 Å². The minimum atomic E-state index is -0.407. The smallest absolute Gasteiger partial charge is 0.175 e. The first-order valence-electron chi connectivity index (χ1n) is 3.80. The Bertz CT molecular complexity index is 379. The lowest BCUT2D eigenvalue weighted by Gasteiger charge is -2.04. The Kier molecular flexibility index (Phi) is 1.82. The van der Waals surface area contributed by atoms with Crippen LogP contribution in [0.4, 0.5) is 0 Å². The quantitative estimate of drug-likeness (QED) is 0.693. The molecule has 2 aromatic heterocycles. The summed E-state index contributed by atoms with van der Waals surface area (Å²) in [5, 5.41) is 11.0. The zero-order valence-corrected chi connectivity index (χ0v) is 7.08. The molecule has 0 saturated heterocycles. The van der Waals surface area contributed by atoms with E-state index < -0.39 is 6.04 Å². The lowest BCUT2D eigenvalue weighted by atomic mass is 10.2. The van der Waals surface area contributed by atoms with Crippen LogP contribution in [0.3, 0.4) is 0 Å². The molecular formula is C7H9N5O. The number of nitrogens with zero attached hydrogens (tertiary/aromatic N) is 4. The summed E-state index contributed by atoms with van der Waals surface area (Å²) in [6.45, 7) is 0. The number of aromatic nitrogens is 4. The molecule has 0 radical (unpaired) electrons. The minimum absolute atomic E-state index is 0.407. The minimum Gasteiger partial charge on any atom is -0.467 e. The van der Waals surface area contributed by atoms with Crippen LogP contribution in [0.5, 0.6) is 0 Å². The molecule has 1 unspecified atom stereocenters. The van der Waals surface area contributed by atoms with Crippen LogP contribution >= 0.6 is 0 Å². The monoisotopic (exact) mass is 179 g/mol. The summed E-state index contributed by atoms with van der Waals surface area (Å²) in [4.78, 5) is 0. The average Bonchev–Trinajstić information content (AvgIpc) is 2.72. The summed E-state index contributed by atoms with van der Waals surface area (Å²) in [6, 6.07) is 3.16. The van der Waals surface area contributed by atoms with Gasteiger partial charge in [0, 0.05) is 7.05 Å². The molecule has 0 aliphatic carbocycles. The maximum absolute atomic E-state index is 5.85. The average molecular weight is 179 g/mol. The predicted octanol–water partition coefficient (Wildman–Crippen LogP) is -0.149. The summed E-state index contributed by atoms with van der Waals surface area (Å²) in [5.41, 5.74) is 5.85. The molecule has 2 rings (SSSR count). The molecule has 0 aliphatic rings. The number of tetrazole rings is 1. The molecule has 0 fully saturated rings. The molecule has 0 spiro atoms. The molecule has 68 valence electrons. The van der Waals surface area contributed by atoms with E-state index in [4.69, 9.17) is 10.2 Å². The van der Waals surface area contributed by atoms with Gasteiger partial charge in [0.05, 0.1) is 6.26 Å². The lowest BCUT2D eigenvalue weighted by molar-refractivity contribution is 0.474. The van der Waals surface area contributed by atoms with Gasteiger partial charge in [-0.1, -0.05) is 0 Å². The Morgan fingerprint density at radius 1 is 1.62 bits per heavy atom. The van der Waals surface area contributed by atoms with Gasteiger partial charge in [0.15, 0.2) is 5.82 Å². The molecule has 1 atom stereocenters. The summed E-state index contributed by atoms with van der Waals surface area (Å²) >= 11 is 0. The van der Waals surface area contributed by atoms with Gasteiger partial charge in [-0.25, -0.2) is 4.68 Å². The lowest BCUT2D eigenvalue weighted by Crippen LogP contribution is -2.16. The number of furan rings is 1. The highest BCUT2D eigenvalue weighted by Gasteiger charge is 2.17. The van der Waals surface area contributed by atoms with Crippen LogP contribution in [0.15, 0.2) is 22.8 Å². The third-order valence-electron chi connectivity index (χ3n) is 1.78. The van der Waals surface area contributed by atoms with Crippen molar-refractivity contribution in [1.29, 1.82) is 0 Å². The summed E-state index contributed by atoms with van der Waals surface area (Å²) < 4.78 is 6.66. The molecule has 2 aromatic rings.